The predicted molar refractivity (Wildman–Crippen MR) is 69.1 cm³/mol. The van der Waals surface area contributed by atoms with Crippen LogP contribution >= 0.6 is 11.3 Å². The molecule has 0 spiro atoms. The van der Waals surface area contributed by atoms with Crippen molar-refractivity contribution in [3.63, 3.8) is 0 Å². The highest BCUT2D eigenvalue weighted by molar-refractivity contribution is 7.13. The number of amides is 1. The monoisotopic (exact) mass is 248 g/mol. The van der Waals surface area contributed by atoms with Gasteiger partial charge >= 0.3 is 0 Å². The molecule has 0 radical (unpaired) electrons. The van der Waals surface area contributed by atoms with Gasteiger partial charge < -0.3 is 5.43 Å². The number of anilines is 2. The van der Waals surface area contributed by atoms with E-state index < -0.39 is 0 Å². The Morgan fingerprint density at radius 1 is 1.47 bits per heavy atom. The standard InChI is InChI=1S/C11H12N4OS/c1-7-6-8(2-3-9(7)15-12)10(16)14-11-13-4-5-17-11/h2-6,15H,12H2,1H3,(H,13,14,16). The average Bonchev–Trinajstić information content (AvgIpc) is 2.81. The highest BCUT2D eigenvalue weighted by Gasteiger charge is 2.08. The second-order valence-electron chi connectivity index (χ2n) is 3.47. The van der Waals surface area contributed by atoms with Gasteiger partial charge in [0.25, 0.3) is 5.91 Å². The minimum absolute atomic E-state index is 0.174. The normalized spacial score (nSPS) is 10.0. The number of nitrogens with one attached hydrogen (secondary N) is 2. The quantitative estimate of drug-likeness (QED) is 0.573. The molecule has 0 aliphatic rings. The van der Waals surface area contributed by atoms with Gasteiger partial charge in [-0.3, -0.25) is 16.0 Å². The molecule has 1 heterocycles. The summed E-state index contributed by atoms with van der Waals surface area (Å²) in [6.07, 6.45) is 1.65. The van der Waals surface area contributed by atoms with Gasteiger partial charge in [0.15, 0.2) is 5.13 Å². The van der Waals surface area contributed by atoms with Crippen molar-refractivity contribution in [1.82, 2.24) is 4.98 Å². The molecule has 88 valence electrons. The fourth-order valence-corrected chi connectivity index (χ4v) is 1.95. The third-order valence-electron chi connectivity index (χ3n) is 2.30. The van der Waals surface area contributed by atoms with E-state index >= 15 is 0 Å². The summed E-state index contributed by atoms with van der Waals surface area (Å²) in [6.45, 7) is 1.88. The molecule has 0 atom stereocenters. The summed E-state index contributed by atoms with van der Waals surface area (Å²) in [7, 11) is 0. The van der Waals surface area contributed by atoms with E-state index in [1.54, 1.807) is 24.4 Å². The number of nitrogens with two attached hydrogens (primary N) is 1. The number of rotatable bonds is 3. The number of aryl methyl sites for hydroxylation is 1. The third kappa shape index (κ3) is 2.61. The zero-order valence-electron chi connectivity index (χ0n) is 9.23. The number of nitrogen functional groups attached to an aromatic ring is 1. The van der Waals surface area contributed by atoms with E-state index in [0.717, 1.165) is 11.3 Å². The predicted octanol–water partition coefficient (Wildman–Crippen LogP) is 1.99. The maximum absolute atomic E-state index is 11.9. The minimum Gasteiger partial charge on any atom is -0.324 e. The van der Waals surface area contributed by atoms with Gasteiger partial charge in [-0.2, -0.15) is 0 Å². The lowest BCUT2D eigenvalue weighted by atomic mass is 10.1. The fraction of sp³-hybridized carbons (Fsp3) is 0.0909. The molecule has 2 rings (SSSR count). The van der Waals surface area contributed by atoms with Crippen molar-refractivity contribution in [1.29, 1.82) is 0 Å². The first kappa shape index (κ1) is 11.6. The second kappa shape index (κ2) is 4.94. The van der Waals surface area contributed by atoms with Gasteiger partial charge in [0.2, 0.25) is 0 Å². The van der Waals surface area contributed by atoms with Gasteiger partial charge in [-0.25, -0.2) is 4.98 Å². The van der Waals surface area contributed by atoms with Crippen LogP contribution in [0.3, 0.4) is 0 Å². The van der Waals surface area contributed by atoms with Gasteiger partial charge in [-0.15, -0.1) is 11.3 Å². The van der Waals surface area contributed by atoms with Crippen molar-refractivity contribution in [2.24, 2.45) is 5.84 Å². The molecule has 1 aromatic carbocycles. The number of carbonyl (C=O) groups excluding carboxylic acids is 1. The Kier molecular flexibility index (Phi) is 3.36. The van der Waals surface area contributed by atoms with Crippen molar-refractivity contribution < 1.29 is 4.79 Å². The average molecular weight is 248 g/mol. The Labute approximate surface area is 103 Å². The van der Waals surface area contributed by atoms with Crippen LogP contribution in [0.4, 0.5) is 10.8 Å². The number of nitrogens with zero attached hydrogens (tertiary/aromatic N) is 1. The Balaban J connectivity index is 2.17. The number of thiazole rings is 1. The lowest BCUT2D eigenvalue weighted by molar-refractivity contribution is 0.102. The molecule has 17 heavy (non-hydrogen) atoms. The van der Waals surface area contributed by atoms with Crippen LogP contribution in [0.5, 0.6) is 0 Å². The van der Waals surface area contributed by atoms with E-state index in [-0.39, 0.29) is 5.91 Å². The molecule has 0 bridgehead atoms. The molecule has 0 aliphatic heterocycles. The Morgan fingerprint density at radius 2 is 2.29 bits per heavy atom. The van der Waals surface area contributed by atoms with E-state index in [0.29, 0.717) is 10.7 Å². The van der Waals surface area contributed by atoms with Crippen LogP contribution in [0.25, 0.3) is 0 Å². The zero-order chi connectivity index (χ0) is 12.3. The van der Waals surface area contributed by atoms with E-state index in [2.05, 4.69) is 15.7 Å². The van der Waals surface area contributed by atoms with Gasteiger partial charge in [0.1, 0.15) is 0 Å². The third-order valence-corrected chi connectivity index (χ3v) is 2.99. The van der Waals surface area contributed by atoms with Gasteiger partial charge in [0.05, 0.1) is 5.69 Å². The molecule has 1 amide bonds. The lowest BCUT2D eigenvalue weighted by Crippen LogP contribution is -2.13. The molecule has 5 nitrogen and oxygen atoms in total. The number of hydrogen-bond donors (Lipinski definition) is 3. The molecular weight excluding hydrogens is 236 g/mol. The highest BCUT2D eigenvalue weighted by atomic mass is 32.1. The van der Waals surface area contributed by atoms with Crippen LogP contribution in [-0.4, -0.2) is 10.9 Å². The summed E-state index contributed by atoms with van der Waals surface area (Å²) in [5.74, 6) is 5.15. The van der Waals surface area contributed by atoms with E-state index in [1.165, 1.54) is 11.3 Å². The van der Waals surface area contributed by atoms with Crippen LogP contribution in [0, 0.1) is 6.92 Å². The van der Waals surface area contributed by atoms with Crippen LogP contribution < -0.4 is 16.6 Å². The van der Waals surface area contributed by atoms with Crippen molar-refractivity contribution >= 4 is 28.1 Å². The summed E-state index contributed by atoms with van der Waals surface area (Å²) >= 11 is 1.38. The van der Waals surface area contributed by atoms with Crippen LogP contribution in [0.15, 0.2) is 29.8 Å². The molecule has 0 unspecified atom stereocenters. The summed E-state index contributed by atoms with van der Waals surface area (Å²) in [6, 6.07) is 5.26. The SMILES string of the molecule is Cc1cc(C(=O)Nc2nccs2)ccc1NN. The molecule has 0 saturated heterocycles. The molecular formula is C11H12N4OS. The summed E-state index contributed by atoms with van der Waals surface area (Å²) < 4.78 is 0. The van der Waals surface area contributed by atoms with Crippen molar-refractivity contribution in [3.8, 4) is 0 Å². The Morgan fingerprint density at radius 3 is 2.88 bits per heavy atom. The topological polar surface area (TPSA) is 80.0 Å². The fourth-order valence-electron chi connectivity index (χ4n) is 1.42. The first-order valence-corrected chi connectivity index (χ1v) is 5.87. The first-order chi connectivity index (χ1) is 8.20. The molecule has 0 aliphatic carbocycles. The molecule has 2 aromatic rings. The maximum atomic E-state index is 11.9. The number of carbonyl (C=O) groups is 1. The number of aromatic nitrogens is 1. The molecule has 4 N–H and O–H groups in total. The Bertz CT molecular complexity index is 524. The number of benzene rings is 1. The van der Waals surface area contributed by atoms with E-state index in [4.69, 9.17) is 5.84 Å². The smallest absolute Gasteiger partial charge is 0.257 e. The Hall–Kier alpha value is -1.92. The molecule has 0 fully saturated rings. The molecule has 6 heteroatoms. The maximum Gasteiger partial charge on any atom is 0.257 e. The van der Waals surface area contributed by atoms with Crippen LogP contribution in [0.1, 0.15) is 15.9 Å². The van der Waals surface area contributed by atoms with Crippen LogP contribution in [-0.2, 0) is 0 Å². The summed E-state index contributed by atoms with van der Waals surface area (Å²) in [5.41, 5.74) is 4.86. The van der Waals surface area contributed by atoms with Crippen molar-refractivity contribution in [2.75, 3.05) is 10.7 Å². The zero-order valence-corrected chi connectivity index (χ0v) is 10.0. The summed E-state index contributed by atoms with van der Waals surface area (Å²) in [5, 5.41) is 5.12. The van der Waals surface area contributed by atoms with Crippen molar-refractivity contribution in [3.05, 3.63) is 40.9 Å². The minimum atomic E-state index is -0.174. The van der Waals surface area contributed by atoms with Crippen LogP contribution in [0.2, 0.25) is 0 Å². The number of hydrazine groups is 1. The molecule has 0 saturated carbocycles. The lowest BCUT2D eigenvalue weighted by Gasteiger charge is -2.07. The molecule has 1 aromatic heterocycles. The van der Waals surface area contributed by atoms with Crippen molar-refractivity contribution in [2.45, 2.75) is 6.92 Å². The number of hydrogen-bond acceptors (Lipinski definition) is 5. The first-order valence-electron chi connectivity index (χ1n) is 4.99. The van der Waals surface area contributed by atoms with E-state index in [1.807, 2.05) is 12.3 Å². The van der Waals surface area contributed by atoms with Gasteiger partial charge in [0, 0.05) is 17.1 Å². The van der Waals surface area contributed by atoms with E-state index in [9.17, 15) is 4.79 Å². The highest BCUT2D eigenvalue weighted by Crippen LogP contribution is 2.17. The van der Waals surface area contributed by atoms with Gasteiger partial charge in [-0.1, -0.05) is 0 Å². The van der Waals surface area contributed by atoms with Gasteiger partial charge in [-0.05, 0) is 30.7 Å². The summed E-state index contributed by atoms with van der Waals surface area (Å²) in [4.78, 5) is 15.9. The second-order valence-corrected chi connectivity index (χ2v) is 4.36. The largest absolute Gasteiger partial charge is 0.324 e.